The van der Waals surface area contributed by atoms with Gasteiger partial charge in [-0.25, -0.2) is 0 Å². The molecule has 0 aromatic rings. The van der Waals surface area contributed by atoms with Gasteiger partial charge in [0.25, 0.3) is 0 Å². The second-order valence-corrected chi connectivity index (χ2v) is 6.11. The molecule has 2 fully saturated rings. The van der Waals surface area contributed by atoms with Crippen molar-refractivity contribution in [2.75, 3.05) is 19.6 Å². The summed E-state index contributed by atoms with van der Waals surface area (Å²) in [6, 6.07) is 0.450. The molecule has 2 aliphatic heterocycles. The van der Waals surface area contributed by atoms with E-state index in [2.05, 4.69) is 18.7 Å². The van der Waals surface area contributed by atoms with Crippen molar-refractivity contribution in [3.63, 3.8) is 0 Å². The Kier molecular flexibility index (Phi) is 5.46. The first kappa shape index (κ1) is 14.3. The molecule has 106 valence electrons. The molecule has 3 nitrogen and oxygen atoms in total. The molecule has 4 unspecified atom stereocenters. The summed E-state index contributed by atoms with van der Waals surface area (Å²) in [5, 5.41) is 0. The first-order valence-corrected chi connectivity index (χ1v) is 7.84. The first-order chi connectivity index (χ1) is 8.74. The zero-order chi connectivity index (χ0) is 13.0. The van der Waals surface area contributed by atoms with Crippen LogP contribution >= 0.6 is 0 Å². The van der Waals surface area contributed by atoms with Gasteiger partial charge in [-0.3, -0.25) is 4.90 Å². The van der Waals surface area contributed by atoms with Gasteiger partial charge in [-0.2, -0.15) is 0 Å². The molecular weight excluding hydrogens is 224 g/mol. The van der Waals surface area contributed by atoms with Gasteiger partial charge in [0.15, 0.2) is 0 Å². The molecule has 2 aliphatic rings. The van der Waals surface area contributed by atoms with Crippen LogP contribution in [0.25, 0.3) is 0 Å². The Balaban J connectivity index is 1.91. The Morgan fingerprint density at radius 3 is 2.67 bits per heavy atom. The van der Waals surface area contributed by atoms with Crippen molar-refractivity contribution in [3.05, 3.63) is 0 Å². The predicted octanol–water partition coefficient (Wildman–Crippen LogP) is 2.39. The van der Waals surface area contributed by atoms with Crippen LogP contribution in [0.4, 0.5) is 0 Å². The minimum Gasteiger partial charge on any atom is -0.374 e. The van der Waals surface area contributed by atoms with E-state index in [-0.39, 0.29) is 0 Å². The van der Waals surface area contributed by atoms with E-state index in [0.717, 1.165) is 12.5 Å². The third kappa shape index (κ3) is 3.46. The summed E-state index contributed by atoms with van der Waals surface area (Å²) in [4.78, 5) is 2.61. The lowest BCUT2D eigenvalue weighted by molar-refractivity contribution is -0.00371. The van der Waals surface area contributed by atoms with E-state index >= 15 is 0 Å². The molecule has 0 bridgehead atoms. The Hall–Kier alpha value is -0.120. The fourth-order valence-corrected chi connectivity index (χ4v) is 3.58. The van der Waals surface area contributed by atoms with Crippen molar-refractivity contribution >= 4 is 0 Å². The Bertz CT molecular complexity index is 247. The Morgan fingerprint density at radius 2 is 2.06 bits per heavy atom. The highest BCUT2D eigenvalue weighted by atomic mass is 16.5. The molecule has 18 heavy (non-hydrogen) atoms. The summed E-state index contributed by atoms with van der Waals surface area (Å²) in [5.74, 6) is 0.928. The summed E-state index contributed by atoms with van der Waals surface area (Å²) < 4.78 is 6.04. The van der Waals surface area contributed by atoms with Gasteiger partial charge in [-0.15, -0.1) is 0 Å². The molecule has 0 amide bonds. The van der Waals surface area contributed by atoms with E-state index in [9.17, 15) is 0 Å². The van der Waals surface area contributed by atoms with E-state index in [4.69, 9.17) is 10.5 Å². The molecule has 4 atom stereocenters. The lowest BCUT2D eigenvalue weighted by Crippen LogP contribution is -2.48. The van der Waals surface area contributed by atoms with E-state index in [1.165, 1.54) is 51.6 Å². The molecule has 0 radical (unpaired) electrons. The van der Waals surface area contributed by atoms with Gasteiger partial charge in [-0.05, 0) is 58.0 Å². The second kappa shape index (κ2) is 6.88. The normalized spacial score (nSPS) is 36.5. The number of rotatable bonds is 4. The van der Waals surface area contributed by atoms with E-state index in [1.807, 2.05) is 0 Å². The zero-order valence-electron chi connectivity index (χ0n) is 12.1. The predicted molar refractivity (Wildman–Crippen MR) is 75.6 cm³/mol. The van der Waals surface area contributed by atoms with E-state index in [1.54, 1.807) is 0 Å². The van der Waals surface area contributed by atoms with Crippen molar-refractivity contribution in [2.24, 2.45) is 11.7 Å². The lowest BCUT2D eigenvalue weighted by Gasteiger charge is -2.33. The monoisotopic (exact) mass is 254 g/mol. The van der Waals surface area contributed by atoms with Gasteiger partial charge < -0.3 is 10.5 Å². The van der Waals surface area contributed by atoms with Crippen LogP contribution in [0.3, 0.4) is 0 Å². The van der Waals surface area contributed by atoms with Crippen LogP contribution in [0.5, 0.6) is 0 Å². The Labute approximate surface area is 112 Å². The van der Waals surface area contributed by atoms with Crippen molar-refractivity contribution in [3.8, 4) is 0 Å². The van der Waals surface area contributed by atoms with Gasteiger partial charge in [0.2, 0.25) is 0 Å². The number of hydrogen-bond donors (Lipinski definition) is 1. The topological polar surface area (TPSA) is 38.5 Å². The highest BCUT2D eigenvalue weighted by molar-refractivity contribution is 4.87. The van der Waals surface area contributed by atoms with Crippen LogP contribution in [0.15, 0.2) is 0 Å². The number of hydrogen-bond acceptors (Lipinski definition) is 3. The maximum absolute atomic E-state index is 6.04. The number of likely N-dealkylation sites (tertiary alicyclic amines) is 1. The average Bonchev–Trinajstić information content (AvgIpc) is 2.66. The molecule has 0 aromatic carbocycles. The summed E-state index contributed by atoms with van der Waals surface area (Å²) in [7, 11) is 0. The van der Waals surface area contributed by atoms with Crippen molar-refractivity contribution in [2.45, 2.75) is 70.6 Å². The maximum Gasteiger partial charge on any atom is 0.0747 e. The first-order valence-electron chi connectivity index (χ1n) is 7.84. The summed E-state index contributed by atoms with van der Waals surface area (Å²) in [6.07, 6.45) is 8.60. The number of ether oxygens (including phenoxy) is 1. The van der Waals surface area contributed by atoms with Gasteiger partial charge in [0.05, 0.1) is 12.2 Å². The van der Waals surface area contributed by atoms with Crippen LogP contribution in [0.1, 0.15) is 52.4 Å². The van der Waals surface area contributed by atoms with Crippen molar-refractivity contribution in [1.29, 1.82) is 0 Å². The van der Waals surface area contributed by atoms with Gasteiger partial charge >= 0.3 is 0 Å². The summed E-state index contributed by atoms with van der Waals surface area (Å²) >= 11 is 0. The minimum absolute atomic E-state index is 0.378. The highest BCUT2D eigenvalue weighted by Crippen LogP contribution is 2.27. The van der Waals surface area contributed by atoms with Crippen LogP contribution < -0.4 is 5.73 Å². The fraction of sp³-hybridized carbons (Fsp3) is 1.00. The molecule has 0 aromatic heterocycles. The molecule has 2 saturated heterocycles. The van der Waals surface area contributed by atoms with E-state index < -0.39 is 0 Å². The van der Waals surface area contributed by atoms with Gasteiger partial charge in [0, 0.05) is 12.6 Å². The third-order valence-corrected chi connectivity index (χ3v) is 4.86. The molecule has 0 aliphatic carbocycles. The molecule has 2 N–H and O–H groups in total. The van der Waals surface area contributed by atoms with Crippen molar-refractivity contribution < 1.29 is 4.74 Å². The van der Waals surface area contributed by atoms with Crippen LogP contribution in [-0.2, 0) is 4.74 Å². The van der Waals surface area contributed by atoms with Gasteiger partial charge in [0.1, 0.15) is 0 Å². The molecule has 2 heterocycles. The average molecular weight is 254 g/mol. The van der Waals surface area contributed by atoms with Crippen LogP contribution in [0, 0.1) is 5.92 Å². The fourth-order valence-electron chi connectivity index (χ4n) is 3.58. The number of nitrogens with two attached hydrogens (primary N) is 1. The number of nitrogens with zero attached hydrogens (tertiary/aromatic N) is 1. The lowest BCUT2D eigenvalue weighted by atomic mass is 9.98. The molecule has 0 spiro atoms. The third-order valence-electron chi connectivity index (χ3n) is 4.86. The SMILES string of the molecule is CCC1CCCN(C(CN)C2CCC(C)O2)CC1. The van der Waals surface area contributed by atoms with E-state index in [0.29, 0.717) is 18.2 Å². The largest absolute Gasteiger partial charge is 0.374 e. The quantitative estimate of drug-likeness (QED) is 0.837. The smallest absolute Gasteiger partial charge is 0.0747 e. The van der Waals surface area contributed by atoms with Crippen LogP contribution in [-0.4, -0.2) is 42.8 Å². The highest BCUT2D eigenvalue weighted by Gasteiger charge is 2.33. The van der Waals surface area contributed by atoms with Crippen LogP contribution in [0.2, 0.25) is 0 Å². The summed E-state index contributed by atoms with van der Waals surface area (Å²) in [6.45, 7) is 7.68. The second-order valence-electron chi connectivity index (χ2n) is 6.11. The van der Waals surface area contributed by atoms with Crippen molar-refractivity contribution in [1.82, 2.24) is 4.90 Å². The molecular formula is C15H30N2O. The molecule has 3 heteroatoms. The summed E-state index contributed by atoms with van der Waals surface area (Å²) in [5.41, 5.74) is 6.03. The molecule has 2 rings (SSSR count). The van der Waals surface area contributed by atoms with Gasteiger partial charge in [-0.1, -0.05) is 13.3 Å². The maximum atomic E-state index is 6.04. The zero-order valence-corrected chi connectivity index (χ0v) is 12.1. The molecule has 0 saturated carbocycles. The standard InChI is InChI=1S/C15H30N2O/c1-3-13-5-4-9-17(10-8-13)14(11-16)15-7-6-12(2)18-15/h12-15H,3-11,16H2,1-2H3. The Morgan fingerprint density at radius 1 is 1.22 bits per heavy atom. The minimum atomic E-state index is 0.378.